The number of hydrogen-bond donors (Lipinski definition) is 4. The fraction of sp³-hybridized carbons (Fsp3) is 0. The molecule has 0 saturated carbocycles. The van der Waals surface area contributed by atoms with Crippen LogP contribution < -0.4 is 11.1 Å². The summed E-state index contributed by atoms with van der Waals surface area (Å²) in [6.07, 6.45) is 0. The Morgan fingerprint density at radius 2 is 1.79 bits per heavy atom. The topological polar surface area (TPSA) is 95.6 Å². The lowest BCUT2D eigenvalue weighted by atomic mass is 10.1. The third-order valence-corrected chi connectivity index (χ3v) is 2.49. The van der Waals surface area contributed by atoms with Crippen molar-refractivity contribution < 1.29 is 19.4 Å². The summed E-state index contributed by atoms with van der Waals surface area (Å²) in [5.74, 6) is -2.30. The van der Waals surface area contributed by atoms with Gasteiger partial charge in [0, 0.05) is 5.69 Å². The molecule has 2 rings (SSSR count). The molecule has 0 bridgehead atoms. The number of hydrogen-bond acceptors (Lipinski definition) is 4. The zero-order chi connectivity index (χ0) is 14.0. The zero-order valence-corrected chi connectivity index (χ0v) is 9.72. The number of amides is 1. The standard InChI is InChI=1S/C13H11FN2O3/c14-8-5-4-7(15)6-9(8)16-13(19)12-10(17)2-1-3-11(12)18/h1-6,17-18H,15H2,(H,16,19). The first-order chi connectivity index (χ1) is 8.99. The molecule has 0 radical (unpaired) electrons. The van der Waals surface area contributed by atoms with Crippen molar-refractivity contribution in [1.82, 2.24) is 0 Å². The smallest absolute Gasteiger partial charge is 0.263 e. The van der Waals surface area contributed by atoms with Gasteiger partial charge in [0.15, 0.2) is 0 Å². The molecule has 0 aliphatic heterocycles. The Morgan fingerprint density at radius 3 is 2.42 bits per heavy atom. The Bertz CT molecular complexity index is 624. The average molecular weight is 262 g/mol. The molecule has 2 aromatic rings. The van der Waals surface area contributed by atoms with Crippen LogP contribution in [-0.4, -0.2) is 16.1 Å². The van der Waals surface area contributed by atoms with Gasteiger partial charge >= 0.3 is 0 Å². The van der Waals surface area contributed by atoms with Crippen LogP contribution in [-0.2, 0) is 0 Å². The molecule has 0 spiro atoms. The first-order valence-electron chi connectivity index (χ1n) is 5.36. The highest BCUT2D eigenvalue weighted by atomic mass is 19.1. The summed E-state index contributed by atoms with van der Waals surface area (Å²) >= 11 is 0. The maximum atomic E-state index is 13.5. The molecule has 0 heterocycles. The summed E-state index contributed by atoms with van der Waals surface area (Å²) < 4.78 is 13.5. The van der Waals surface area contributed by atoms with Gasteiger partial charge in [0.2, 0.25) is 0 Å². The molecule has 2 aromatic carbocycles. The SMILES string of the molecule is Nc1ccc(F)c(NC(=O)c2c(O)cccc2O)c1. The highest BCUT2D eigenvalue weighted by Crippen LogP contribution is 2.28. The van der Waals surface area contributed by atoms with Crippen molar-refractivity contribution in [2.24, 2.45) is 0 Å². The minimum atomic E-state index is -0.833. The lowest BCUT2D eigenvalue weighted by Crippen LogP contribution is -2.13. The Labute approximate surface area is 108 Å². The average Bonchev–Trinajstić information content (AvgIpc) is 2.33. The number of anilines is 2. The molecular weight excluding hydrogens is 251 g/mol. The number of benzene rings is 2. The largest absolute Gasteiger partial charge is 0.507 e. The summed E-state index contributed by atoms with van der Waals surface area (Å²) in [7, 11) is 0. The Balaban J connectivity index is 2.34. The normalized spacial score (nSPS) is 10.2. The number of rotatable bonds is 2. The molecule has 6 heteroatoms. The molecule has 5 N–H and O–H groups in total. The van der Waals surface area contributed by atoms with Crippen molar-refractivity contribution in [1.29, 1.82) is 0 Å². The number of nitrogens with two attached hydrogens (primary N) is 1. The molecule has 5 nitrogen and oxygen atoms in total. The van der Waals surface area contributed by atoms with Crippen molar-refractivity contribution >= 4 is 17.3 Å². The zero-order valence-electron chi connectivity index (χ0n) is 9.72. The lowest BCUT2D eigenvalue weighted by Gasteiger charge is -2.09. The van der Waals surface area contributed by atoms with Crippen molar-refractivity contribution in [2.45, 2.75) is 0 Å². The lowest BCUT2D eigenvalue weighted by molar-refractivity contribution is 0.102. The van der Waals surface area contributed by atoms with Crippen LogP contribution in [0.2, 0.25) is 0 Å². The van der Waals surface area contributed by atoms with E-state index in [4.69, 9.17) is 5.73 Å². The number of carbonyl (C=O) groups is 1. The molecule has 0 atom stereocenters. The van der Waals surface area contributed by atoms with Crippen LogP contribution >= 0.6 is 0 Å². The second kappa shape index (κ2) is 4.85. The summed E-state index contributed by atoms with van der Waals surface area (Å²) in [5, 5.41) is 21.3. The van der Waals surface area contributed by atoms with Gasteiger partial charge < -0.3 is 21.3 Å². The number of phenolic OH excluding ortho intramolecular Hbond substituents is 2. The minimum Gasteiger partial charge on any atom is -0.507 e. The first kappa shape index (κ1) is 12.7. The Morgan fingerprint density at radius 1 is 1.16 bits per heavy atom. The quantitative estimate of drug-likeness (QED) is 0.623. The van der Waals surface area contributed by atoms with E-state index in [9.17, 15) is 19.4 Å². The fourth-order valence-corrected chi connectivity index (χ4v) is 1.58. The van der Waals surface area contributed by atoms with Gasteiger partial charge in [-0.1, -0.05) is 6.07 Å². The van der Waals surface area contributed by atoms with Crippen LogP contribution in [0.25, 0.3) is 0 Å². The van der Waals surface area contributed by atoms with Crippen LogP contribution in [0.15, 0.2) is 36.4 Å². The fourth-order valence-electron chi connectivity index (χ4n) is 1.58. The van der Waals surface area contributed by atoms with E-state index in [-0.39, 0.29) is 16.9 Å². The van der Waals surface area contributed by atoms with E-state index in [0.29, 0.717) is 0 Å². The number of nitrogens with one attached hydrogen (secondary N) is 1. The summed E-state index contributed by atoms with van der Waals surface area (Å²) in [4.78, 5) is 11.9. The molecule has 0 saturated heterocycles. The second-order valence-electron chi connectivity index (χ2n) is 3.86. The van der Waals surface area contributed by atoms with Gasteiger partial charge in [-0.2, -0.15) is 0 Å². The molecule has 0 aromatic heterocycles. The summed E-state index contributed by atoms with van der Waals surface area (Å²) in [6, 6.07) is 7.56. The molecular formula is C13H11FN2O3. The summed E-state index contributed by atoms with van der Waals surface area (Å²) in [6.45, 7) is 0. The highest BCUT2D eigenvalue weighted by molar-refractivity contribution is 6.08. The Hall–Kier alpha value is -2.76. The van der Waals surface area contributed by atoms with Crippen molar-refractivity contribution in [3.63, 3.8) is 0 Å². The highest BCUT2D eigenvalue weighted by Gasteiger charge is 2.17. The van der Waals surface area contributed by atoms with Gasteiger partial charge in [-0.05, 0) is 30.3 Å². The number of nitrogen functional groups attached to an aromatic ring is 1. The molecule has 1 amide bonds. The first-order valence-corrected chi connectivity index (χ1v) is 5.36. The van der Waals surface area contributed by atoms with Crippen LogP contribution in [0, 0.1) is 5.82 Å². The third-order valence-electron chi connectivity index (χ3n) is 2.49. The molecule has 0 aliphatic rings. The van der Waals surface area contributed by atoms with Crippen molar-refractivity contribution in [2.75, 3.05) is 11.1 Å². The van der Waals surface area contributed by atoms with Crippen molar-refractivity contribution in [3.8, 4) is 11.5 Å². The molecule has 0 unspecified atom stereocenters. The second-order valence-corrected chi connectivity index (χ2v) is 3.86. The number of halogens is 1. The van der Waals surface area contributed by atoms with E-state index < -0.39 is 23.2 Å². The maximum Gasteiger partial charge on any atom is 0.263 e. The maximum absolute atomic E-state index is 13.5. The van der Waals surface area contributed by atoms with Gasteiger partial charge in [-0.25, -0.2) is 4.39 Å². The van der Waals surface area contributed by atoms with E-state index in [2.05, 4.69) is 5.32 Å². The number of phenols is 2. The van der Waals surface area contributed by atoms with Crippen LogP contribution in [0.1, 0.15) is 10.4 Å². The molecule has 0 fully saturated rings. The monoisotopic (exact) mass is 262 g/mol. The van der Waals surface area contributed by atoms with Crippen molar-refractivity contribution in [3.05, 3.63) is 47.8 Å². The molecule has 19 heavy (non-hydrogen) atoms. The van der Waals surface area contributed by atoms with Gasteiger partial charge in [0.1, 0.15) is 22.9 Å². The molecule has 0 aliphatic carbocycles. The van der Waals surface area contributed by atoms with Gasteiger partial charge in [-0.3, -0.25) is 4.79 Å². The van der Waals surface area contributed by atoms with Crippen LogP contribution in [0.5, 0.6) is 11.5 Å². The predicted molar refractivity (Wildman–Crippen MR) is 68.5 cm³/mol. The van der Waals surface area contributed by atoms with E-state index in [1.807, 2.05) is 0 Å². The van der Waals surface area contributed by atoms with Crippen LogP contribution in [0.4, 0.5) is 15.8 Å². The van der Waals surface area contributed by atoms with Crippen LogP contribution in [0.3, 0.4) is 0 Å². The van der Waals surface area contributed by atoms with E-state index in [0.717, 1.165) is 6.07 Å². The molecule has 98 valence electrons. The van der Waals surface area contributed by atoms with Gasteiger partial charge in [0.25, 0.3) is 5.91 Å². The third kappa shape index (κ3) is 2.57. The Kier molecular flexibility index (Phi) is 3.24. The predicted octanol–water partition coefficient (Wildman–Crippen LogP) is 2.07. The van der Waals surface area contributed by atoms with E-state index in [1.165, 1.54) is 30.3 Å². The number of aromatic hydroxyl groups is 2. The van der Waals surface area contributed by atoms with E-state index in [1.54, 1.807) is 0 Å². The number of carbonyl (C=O) groups excluding carboxylic acids is 1. The van der Waals surface area contributed by atoms with E-state index >= 15 is 0 Å². The van der Waals surface area contributed by atoms with Gasteiger partial charge in [0.05, 0.1) is 5.69 Å². The van der Waals surface area contributed by atoms with Gasteiger partial charge in [-0.15, -0.1) is 0 Å². The summed E-state index contributed by atoms with van der Waals surface area (Å²) in [5.41, 5.74) is 5.30. The minimum absolute atomic E-state index is 0.132.